The summed E-state index contributed by atoms with van der Waals surface area (Å²) in [7, 11) is 0. The lowest BCUT2D eigenvalue weighted by Gasteiger charge is -2.04. The first-order valence-corrected chi connectivity index (χ1v) is 5.86. The van der Waals surface area contributed by atoms with Crippen LogP contribution in [0.15, 0.2) is 54.7 Å². The molecule has 3 rings (SSSR count). The number of hydrogen-bond acceptors (Lipinski definition) is 3. The van der Waals surface area contributed by atoms with Gasteiger partial charge in [0, 0.05) is 11.1 Å². The van der Waals surface area contributed by atoms with E-state index in [1.807, 2.05) is 30.3 Å². The number of carbonyl (C=O) groups excluding carboxylic acids is 1. The standard InChI is InChI=1S/C15H11N3O/c16-15(19)11-5-3-4-10(8-11)14-9-17-12-6-1-2-7-13(12)18-14/h1-9H,(H2,16,19). The van der Waals surface area contributed by atoms with Crippen molar-refractivity contribution in [3.05, 3.63) is 60.3 Å². The minimum absolute atomic E-state index is 0.449. The van der Waals surface area contributed by atoms with Crippen molar-refractivity contribution < 1.29 is 4.79 Å². The van der Waals surface area contributed by atoms with Crippen molar-refractivity contribution >= 4 is 16.9 Å². The van der Waals surface area contributed by atoms with Gasteiger partial charge in [-0.3, -0.25) is 9.78 Å². The topological polar surface area (TPSA) is 68.9 Å². The molecule has 0 aliphatic carbocycles. The van der Waals surface area contributed by atoms with Gasteiger partial charge in [-0.05, 0) is 24.3 Å². The molecular weight excluding hydrogens is 238 g/mol. The molecule has 0 fully saturated rings. The average Bonchev–Trinajstić information content (AvgIpc) is 2.47. The summed E-state index contributed by atoms with van der Waals surface area (Å²) in [5, 5.41) is 0. The van der Waals surface area contributed by atoms with Crippen LogP contribution in [0.25, 0.3) is 22.3 Å². The summed E-state index contributed by atoms with van der Waals surface area (Å²) in [4.78, 5) is 20.1. The predicted octanol–water partition coefficient (Wildman–Crippen LogP) is 2.40. The van der Waals surface area contributed by atoms with Gasteiger partial charge in [0.2, 0.25) is 5.91 Å². The molecule has 4 nitrogen and oxygen atoms in total. The highest BCUT2D eigenvalue weighted by atomic mass is 16.1. The van der Waals surface area contributed by atoms with E-state index in [2.05, 4.69) is 9.97 Å². The van der Waals surface area contributed by atoms with Crippen LogP contribution in [0.1, 0.15) is 10.4 Å². The second-order valence-electron chi connectivity index (χ2n) is 4.19. The molecule has 4 heteroatoms. The molecule has 92 valence electrons. The summed E-state index contributed by atoms with van der Waals surface area (Å²) in [6.45, 7) is 0. The van der Waals surface area contributed by atoms with Crippen LogP contribution < -0.4 is 5.73 Å². The molecule has 0 saturated heterocycles. The Hall–Kier alpha value is -2.75. The number of nitrogens with two attached hydrogens (primary N) is 1. The van der Waals surface area contributed by atoms with Crippen LogP contribution in [0.4, 0.5) is 0 Å². The van der Waals surface area contributed by atoms with Gasteiger partial charge in [-0.2, -0.15) is 0 Å². The number of primary amides is 1. The Labute approximate surface area is 109 Å². The number of benzene rings is 2. The molecule has 0 radical (unpaired) electrons. The lowest BCUT2D eigenvalue weighted by molar-refractivity contribution is 0.100. The maximum Gasteiger partial charge on any atom is 0.248 e. The molecule has 0 aliphatic rings. The van der Waals surface area contributed by atoms with Gasteiger partial charge >= 0.3 is 0 Å². The molecule has 0 unspecified atom stereocenters. The van der Waals surface area contributed by atoms with Crippen molar-refractivity contribution in [3.63, 3.8) is 0 Å². The van der Waals surface area contributed by atoms with Gasteiger partial charge in [-0.15, -0.1) is 0 Å². The quantitative estimate of drug-likeness (QED) is 0.758. The maximum absolute atomic E-state index is 11.2. The highest BCUT2D eigenvalue weighted by Gasteiger charge is 2.05. The number of fused-ring (bicyclic) bond motifs is 1. The van der Waals surface area contributed by atoms with E-state index in [1.54, 1.807) is 24.4 Å². The third kappa shape index (κ3) is 2.15. The highest BCUT2D eigenvalue weighted by molar-refractivity contribution is 5.94. The fourth-order valence-electron chi connectivity index (χ4n) is 1.93. The van der Waals surface area contributed by atoms with Gasteiger partial charge in [0.05, 0.1) is 22.9 Å². The average molecular weight is 249 g/mol. The van der Waals surface area contributed by atoms with E-state index < -0.39 is 5.91 Å². The Kier molecular flexibility index (Phi) is 2.68. The summed E-state index contributed by atoms with van der Waals surface area (Å²) in [5.41, 5.74) is 8.96. The molecule has 1 heterocycles. The first kappa shape index (κ1) is 11.3. The molecule has 2 aromatic carbocycles. The van der Waals surface area contributed by atoms with Gasteiger partial charge < -0.3 is 5.73 Å². The highest BCUT2D eigenvalue weighted by Crippen LogP contribution is 2.20. The van der Waals surface area contributed by atoms with Crippen LogP contribution in [-0.4, -0.2) is 15.9 Å². The number of rotatable bonds is 2. The first-order chi connectivity index (χ1) is 9.24. The zero-order valence-corrected chi connectivity index (χ0v) is 10.1. The van der Waals surface area contributed by atoms with Crippen LogP contribution in [-0.2, 0) is 0 Å². The minimum atomic E-state index is -0.449. The number of hydrogen-bond donors (Lipinski definition) is 1. The number of aromatic nitrogens is 2. The van der Waals surface area contributed by atoms with E-state index >= 15 is 0 Å². The smallest absolute Gasteiger partial charge is 0.248 e. The fourth-order valence-corrected chi connectivity index (χ4v) is 1.93. The van der Waals surface area contributed by atoms with Gasteiger partial charge in [0.1, 0.15) is 0 Å². The van der Waals surface area contributed by atoms with Crippen LogP contribution in [0.5, 0.6) is 0 Å². The third-order valence-electron chi connectivity index (χ3n) is 2.89. The maximum atomic E-state index is 11.2. The van der Waals surface area contributed by atoms with E-state index in [9.17, 15) is 4.79 Å². The van der Waals surface area contributed by atoms with Crippen LogP contribution in [0, 0.1) is 0 Å². The summed E-state index contributed by atoms with van der Waals surface area (Å²) in [6, 6.07) is 14.7. The zero-order valence-electron chi connectivity index (χ0n) is 10.1. The summed E-state index contributed by atoms with van der Waals surface area (Å²) >= 11 is 0. The second kappa shape index (κ2) is 4.49. The van der Waals surface area contributed by atoms with Crippen molar-refractivity contribution in [2.45, 2.75) is 0 Å². The lowest BCUT2D eigenvalue weighted by atomic mass is 10.1. The number of carbonyl (C=O) groups is 1. The van der Waals surface area contributed by atoms with Crippen molar-refractivity contribution in [3.8, 4) is 11.3 Å². The van der Waals surface area contributed by atoms with Gasteiger partial charge in [0.25, 0.3) is 0 Å². The zero-order chi connectivity index (χ0) is 13.2. The Bertz CT molecular complexity index is 768. The van der Waals surface area contributed by atoms with E-state index in [0.29, 0.717) is 5.56 Å². The molecule has 0 spiro atoms. The van der Waals surface area contributed by atoms with Crippen molar-refractivity contribution in [2.75, 3.05) is 0 Å². The number of amides is 1. The lowest BCUT2D eigenvalue weighted by Crippen LogP contribution is -2.10. The molecule has 0 atom stereocenters. The van der Waals surface area contributed by atoms with Crippen LogP contribution in [0.2, 0.25) is 0 Å². The molecule has 3 aromatic rings. The molecule has 0 bridgehead atoms. The van der Waals surface area contributed by atoms with Crippen LogP contribution >= 0.6 is 0 Å². The van der Waals surface area contributed by atoms with Gasteiger partial charge in [0.15, 0.2) is 0 Å². The third-order valence-corrected chi connectivity index (χ3v) is 2.89. The molecular formula is C15H11N3O. The monoisotopic (exact) mass is 249 g/mol. The van der Waals surface area contributed by atoms with E-state index in [0.717, 1.165) is 22.3 Å². The Morgan fingerprint density at radius 3 is 2.58 bits per heavy atom. The molecule has 0 aliphatic heterocycles. The minimum Gasteiger partial charge on any atom is -0.366 e. The second-order valence-corrected chi connectivity index (χ2v) is 4.19. The molecule has 1 aromatic heterocycles. The van der Waals surface area contributed by atoms with Crippen molar-refractivity contribution in [1.82, 2.24) is 9.97 Å². The molecule has 1 amide bonds. The predicted molar refractivity (Wildman–Crippen MR) is 73.5 cm³/mol. The number of para-hydroxylation sites is 2. The Morgan fingerprint density at radius 1 is 1.00 bits per heavy atom. The van der Waals surface area contributed by atoms with Gasteiger partial charge in [-0.1, -0.05) is 24.3 Å². The molecule has 0 saturated carbocycles. The first-order valence-electron chi connectivity index (χ1n) is 5.86. The molecule has 19 heavy (non-hydrogen) atoms. The van der Waals surface area contributed by atoms with Crippen molar-refractivity contribution in [1.29, 1.82) is 0 Å². The van der Waals surface area contributed by atoms with Crippen LogP contribution in [0.3, 0.4) is 0 Å². The Morgan fingerprint density at radius 2 is 1.79 bits per heavy atom. The fraction of sp³-hybridized carbons (Fsp3) is 0. The van der Waals surface area contributed by atoms with Gasteiger partial charge in [-0.25, -0.2) is 4.98 Å². The summed E-state index contributed by atoms with van der Waals surface area (Å²) < 4.78 is 0. The van der Waals surface area contributed by atoms with E-state index in [-0.39, 0.29) is 0 Å². The Balaban J connectivity index is 2.13. The SMILES string of the molecule is NC(=O)c1cccc(-c2cnc3ccccc3n2)c1. The summed E-state index contributed by atoms with van der Waals surface area (Å²) in [5.74, 6) is -0.449. The van der Waals surface area contributed by atoms with E-state index in [1.165, 1.54) is 0 Å². The van der Waals surface area contributed by atoms with E-state index in [4.69, 9.17) is 5.73 Å². The molecule has 2 N–H and O–H groups in total. The summed E-state index contributed by atoms with van der Waals surface area (Å²) in [6.07, 6.45) is 1.70. The number of nitrogens with zero attached hydrogens (tertiary/aromatic N) is 2. The van der Waals surface area contributed by atoms with Crippen molar-refractivity contribution in [2.24, 2.45) is 5.73 Å². The normalized spacial score (nSPS) is 10.5. The largest absolute Gasteiger partial charge is 0.366 e.